The van der Waals surface area contributed by atoms with Crippen molar-refractivity contribution in [2.45, 2.75) is 70.7 Å². The van der Waals surface area contributed by atoms with Crippen molar-refractivity contribution in [3.8, 4) is 0 Å². The highest BCUT2D eigenvalue weighted by molar-refractivity contribution is 5.01. The molecule has 0 fully saturated rings. The summed E-state index contributed by atoms with van der Waals surface area (Å²) in [6.45, 7) is 10.5. The van der Waals surface area contributed by atoms with E-state index in [9.17, 15) is 15.3 Å². The van der Waals surface area contributed by atoms with Crippen molar-refractivity contribution in [2.24, 2.45) is 0 Å². The molecule has 0 spiro atoms. The van der Waals surface area contributed by atoms with Gasteiger partial charge in [0, 0.05) is 0 Å². The Bertz CT molecular complexity index is 285. The lowest BCUT2D eigenvalue weighted by molar-refractivity contribution is -0.0509. The third kappa shape index (κ3) is 7.64. The summed E-state index contributed by atoms with van der Waals surface area (Å²) < 4.78 is 0. The van der Waals surface area contributed by atoms with E-state index in [0.717, 1.165) is 18.4 Å². The number of aliphatic hydroxyl groups excluding tert-OH is 1. The van der Waals surface area contributed by atoms with Crippen LogP contribution in [0.15, 0.2) is 24.3 Å². The summed E-state index contributed by atoms with van der Waals surface area (Å²) in [5.41, 5.74) is -0.700. The molecule has 3 N–H and O–H groups in total. The van der Waals surface area contributed by atoms with Gasteiger partial charge in [0.2, 0.25) is 0 Å². The predicted molar refractivity (Wildman–Crippen MR) is 75.4 cm³/mol. The second kappa shape index (κ2) is 7.07. The number of hydrogen-bond acceptors (Lipinski definition) is 3. The van der Waals surface area contributed by atoms with Crippen molar-refractivity contribution in [2.75, 3.05) is 0 Å². The van der Waals surface area contributed by atoms with Crippen LogP contribution in [0.2, 0.25) is 0 Å². The fourth-order valence-corrected chi connectivity index (χ4v) is 1.53. The minimum Gasteiger partial charge on any atom is -0.390 e. The quantitative estimate of drug-likeness (QED) is 0.585. The molecule has 0 aromatic carbocycles. The van der Waals surface area contributed by atoms with E-state index in [2.05, 4.69) is 12.7 Å². The van der Waals surface area contributed by atoms with Gasteiger partial charge in [0.1, 0.15) is 0 Å². The summed E-state index contributed by atoms with van der Waals surface area (Å²) in [7, 11) is 0. The highest BCUT2D eigenvalue weighted by Gasteiger charge is 2.23. The molecule has 0 radical (unpaired) electrons. The zero-order chi connectivity index (χ0) is 14.4. The van der Waals surface area contributed by atoms with Crippen LogP contribution in [-0.2, 0) is 0 Å². The SMILES string of the molecule is C=C[C@](C)(O)CC/C=C(\C)CC[C@@H](O)C(C)(C)O. The maximum atomic E-state index is 9.74. The van der Waals surface area contributed by atoms with Crippen molar-refractivity contribution in [1.29, 1.82) is 0 Å². The van der Waals surface area contributed by atoms with Crippen LogP contribution in [0.1, 0.15) is 53.4 Å². The van der Waals surface area contributed by atoms with E-state index in [1.165, 1.54) is 0 Å². The summed E-state index contributed by atoms with van der Waals surface area (Å²) in [4.78, 5) is 0. The van der Waals surface area contributed by atoms with Gasteiger partial charge in [-0.2, -0.15) is 0 Å². The highest BCUT2D eigenvalue weighted by Crippen LogP contribution is 2.18. The van der Waals surface area contributed by atoms with Crippen molar-refractivity contribution in [3.05, 3.63) is 24.3 Å². The van der Waals surface area contributed by atoms with Gasteiger partial charge in [-0.15, -0.1) is 6.58 Å². The van der Waals surface area contributed by atoms with Gasteiger partial charge in [-0.3, -0.25) is 0 Å². The van der Waals surface area contributed by atoms with Crippen molar-refractivity contribution >= 4 is 0 Å². The lowest BCUT2D eigenvalue weighted by atomic mass is 9.95. The lowest BCUT2D eigenvalue weighted by Crippen LogP contribution is -2.35. The van der Waals surface area contributed by atoms with Gasteiger partial charge < -0.3 is 15.3 Å². The molecular weight excluding hydrogens is 228 g/mol. The molecule has 0 aromatic rings. The first-order valence-electron chi connectivity index (χ1n) is 6.50. The Morgan fingerprint density at radius 2 is 1.83 bits per heavy atom. The average molecular weight is 256 g/mol. The Kier molecular flexibility index (Phi) is 6.82. The third-order valence-corrected chi connectivity index (χ3v) is 3.21. The molecule has 0 amide bonds. The summed E-state index contributed by atoms with van der Waals surface area (Å²) >= 11 is 0. The molecule has 106 valence electrons. The standard InChI is InChI=1S/C15H28O3/c1-6-15(5,18)11-7-8-12(2)9-10-13(16)14(3,4)17/h6,8,13,16-18H,1,7,9-11H2,2-5H3/b12-8+/t13-,15+/m1/s1. The Labute approximate surface area is 111 Å². The summed E-state index contributed by atoms with van der Waals surface area (Å²) in [5.74, 6) is 0. The predicted octanol–water partition coefficient (Wildman–Crippen LogP) is 2.56. The maximum Gasteiger partial charge on any atom is 0.0849 e. The molecule has 0 heterocycles. The molecule has 0 aliphatic heterocycles. The van der Waals surface area contributed by atoms with Crippen LogP contribution in [0.5, 0.6) is 0 Å². The van der Waals surface area contributed by atoms with Crippen molar-refractivity contribution in [1.82, 2.24) is 0 Å². The van der Waals surface area contributed by atoms with E-state index in [4.69, 9.17) is 0 Å². The van der Waals surface area contributed by atoms with E-state index in [0.29, 0.717) is 12.8 Å². The molecule has 0 unspecified atom stereocenters. The number of rotatable bonds is 8. The zero-order valence-corrected chi connectivity index (χ0v) is 12.1. The monoisotopic (exact) mass is 256 g/mol. The Morgan fingerprint density at radius 1 is 1.28 bits per heavy atom. The Balaban J connectivity index is 4.03. The molecule has 0 aliphatic carbocycles. The van der Waals surface area contributed by atoms with E-state index >= 15 is 0 Å². The third-order valence-electron chi connectivity index (χ3n) is 3.21. The fraction of sp³-hybridized carbons (Fsp3) is 0.733. The van der Waals surface area contributed by atoms with E-state index in [1.807, 2.05) is 6.92 Å². The molecule has 0 aromatic heterocycles. The summed E-state index contributed by atoms with van der Waals surface area (Å²) in [6.07, 6.45) is 5.62. The lowest BCUT2D eigenvalue weighted by Gasteiger charge is -2.24. The molecule has 3 heteroatoms. The van der Waals surface area contributed by atoms with E-state index in [-0.39, 0.29) is 0 Å². The molecular formula is C15H28O3. The summed E-state index contributed by atoms with van der Waals surface area (Å²) in [6, 6.07) is 0. The van der Waals surface area contributed by atoms with Crippen LogP contribution < -0.4 is 0 Å². The van der Waals surface area contributed by atoms with Crippen molar-refractivity contribution < 1.29 is 15.3 Å². The van der Waals surface area contributed by atoms with E-state index < -0.39 is 17.3 Å². The highest BCUT2D eigenvalue weighted by atomic mass is 16.3. The largest absolute Gasteiger partial charge is 0.390 e. The van der Waals surface area contributed by atoms with Gasteiger partial charge in [0.25, 0.3) is 0 Å². The number of allylic oxidation sites excluding steroid dienone is 2. The van der Waals surface area contributed by atoms with Gasteiger partial charge in [-0.05, 0) is 53.4 Å². The topological polar surface area (TPSA) is 60.7 Å². The molecule has 0 saturated carbocycles. The second-order valence-electron chi connectivity index (χ2n) is 5.86. The maximum absolute atomic E-state index is 9.74. The molecule has 3 nitrogen and oxygen atoms in total. The molecule has 2 atom stereocenters. The van der Waals surface area contributed by atoms with Crippen LogP contribution in [0.4, 0.5) is 0 Å². The van der Waals surface area contributed by atoms with Gasteiger partial charge in [0.15, 0.2) is 0 Å². The first kappa shape index (κ1) is 17.4. The minimum absolute atomic E-state index is 0.545. The van der Waals surface area contributed by atoms with Gasteiger partial charge in [-0.1, -0.05) is 17.7 Å². The van der Waals surface area contributed by atoms with Crippen LogP contribution in [0, 0.1) is 0 Å². The summed E-state index contributed by atoms with van der Waals surface area (Å²) in [5, 5.41) is 29.0. The van der Waals surface area contributed by atoms with Crippen LogP contribution in [-0.4, -0.2) is 32.6 Å². The molecule has 0 bridgehead atoms. The number of aliphatic hydroxyl groups is 3. The Hall–Kier alpha value is -0.640. The smallest absolute Gasteiger partial charge is 0.0849 e. The number of hydrogen-bond donors (Lipinski definition) is 3. The average Bonchev–Trinajstić information content (AvgIpc) is 2.24. The molecule has 18 heavy (non-hydrogen) atoms. The first-order valence-corrected chi connectivity index (χ1v) is 6.50. The second-order valence-corrected chi connectivity index (χ2v) is 5.86. The van der Waals surface area contributed by atoms with E-state index in [1.54, 1.807) is 26.8 Å². The first-order chi connectivity index (χ1) is 8.08. The van der Waals surface area contributed by atoms with Crippen LogP contribution in [0.25, 0.3) is 0 Å². The molecule has 0 rings (SSSR count). The van der Waals surface area contributed by atoms with Crippen LogP contribution in [0.3, 0.4) is 0 Å². The molecule has 0 aliphatic rings. The zero-order valence-electron chi connectivity index (χ0n) is 12.1. The Morgan fingerprint density at radius 3 is 2.28 bits per heavy atom. The van der Waals surface area contributed by atoms with Crippen LogP contribution >= 0.6 is 0 Å². The molecule has 0 saturated heterocycles. The normalized spacial score (nSPS) is 18.3. The fourth-order valence-electron chi connectivity index (χ4n) is 1.53. The van der Waals surface area contributed by atoms with Gasteiger partial charge >= 0.3 is 0 Å². The van der Waals surface area contributed by atoms with Gasteiger partial charge in [0.05, 0.1) is 17.3 Å². The van der Waals surface area contributed by atoms with Gasteiger partial charge in [-0.25, -0.2) is 0 Å². The minimum atomic E-state index is -1.05. The van der Waals surface area contributed by atoms with Crippen molar-refractivity contribution in [3.63, 3.8) is 0 Å².